The van der Waals surface area contributed by atoms with Gasteiger partial charge in [-0.05, 0) is 44.9 Å². The molecule has 4 aromatic rings. The smallest absolute Gasteiger partial charge is 0.254 e. The van der Waals surface area contributed by atoms with Crippen LogP contribution in [-0.2, 0) is 0 Å². The van der Waals surface area contributed by atoms with Crippen molar-refractivity contribution >= 4 is 16.9 Å². The Hall–Kier alpha value is -3.61. The minimum absolute atomic E-state index is 0.0198. The predicted octanol–water partition coefficient (Wildman–Crippen LogP) is 5.21. The number of piperidine rings is 1. The summed E-state index contributed by atoms with van der Waals surface area (Å²) in [7, 11) is 0. The molecule has 0 aliphatic carbocycles. The Morgan fingerprint density at radius 3 is 2.69 bits per heavy atom. The number of rotatable bonds is 5. The second kappa shape index (κ2) is 8.49. The molecule has 164 valence electrons. The second-order valence-corrected chi connectivity index (χ2v) is 8.13. The topological polar surface area (TPSA) is 81.6 Å². The van der Waals surface area contributed by atoms with Gasteiger partial charge in [0.2, 0.25) is 11.7 Å². The minimum Gasteiger partial charge on any atom is -0.493 e. The number of likely N-dealkylation sites (tertiary alicyclic amines) is 1. The molecule has 0 bridgehead atoms. The molecule has 1 saturated heterocycles. The fourth-order valence-corrected chi connectivity index (χ4v) is 4.17. The largest absolute Gasteiger partial charge is 0.493 e. The number of ether oxygens (including phenoxy) is 1. The number of carbonyl (C=O) groups is 1. The van der Waals surface area contributed by atoms with E-state index >= 15 is 0 Å². The van der Waals surface area contributed by atoms with Gasteiger partial charge >= 0.3 is 0 Å². The summed E-state index contributed by atoms with van der Waals surface area (Å²) in [4.78, 5) is 19.6. The van der Waals surface area contributed by atoms with Gasteiger partial charge in [-0.1, -0.05) is 35.0 Å². The number of nitrogens with zero attached hydrogens (tertiary/aromatic N) is 3. The summed E-state index contributed by atoms with van der Waals surface area (Å²) in [6.45, 7) is 5.76. The van der Waals surface area contributed by atoms with Crippen molar-refractivity contribution in [1.29, 1.82) is 0 Å². The van der Waals surface area contributed by atoms with Gasteiger partial charge in [-0.15, -0.1) is 0 Å². The van der Waals surface area contributed by atoms with Crippen molar-refractivity contribution in [1.82, 2.24) is 15.0 Å². The number of hydrogen-bond acceptors (Lipinski definition) is 6. The molecule has 0 saturated carbocycles. The van der Waals surface area contributed by atoms with E-state index in [9.17, 15) is 4.79 Å². The van der Waals surface area contributed by atoms with Crippen LogP contribution in [-0.4, -0.2) is 40.6 Å². The van der Waals surface area contributed by atoms with Crippen molar-refractivity contribution in [2.45, 2.75) is 32.6 Å². The first-order valence-corrected chi connectivity index (χ1v) is 11.0. The lowest BCUT2D eigenvalue weighted by Gasteiger charge is -2.30. The van der Waals surface area contributed by atoms with Crippen LogP contribution in [0, 0.1) is 6.92 Å². The van der Waals surface area contributed by atoms with E-state index in [-0.39, 0.29) is 11.8 Å². The molecule has 1 aliphatic heterocycles. The van der Waals surface area contributed by atoms with Crippen LogP contribution >= 0.6 is 0 Å². The third kappa shape index (κ3) is 3.86. The lowest BCUT2D eigenvalue weighted by Crippen LogP contribution is -2.38. The van der Waals surface area contributed by atoms with Crippen molar-refractivity contribution in [2.75, 3.05) is 19.7 Å². The highest BCUT2D eigenvalue weighted by atomic mass is 16.5. The van der Waals surface area contributed by atoms with Crippen LogP contribution in [0.5, 0.6) is 5.75 Å². The van der Waals surface area contributed by atoms with Gasteiger partial charge in [-0.25, -0.2) is 0 Å². The molecule has 7 heteroatoms. The van der Waals surface area contributed by atoms with Gasteiger partial charge in [-0.3, -0.25) is 4.79 Å². The van der Waals surface area contributed by atoms with Gasteiger partial charge in [-0.2, -0.15) is 4.98 Å². The maximum atomic E-state index is 13.2. The van der Waals surface area contributed by atoms with Gasteiger partial charge in [0.05, 0.1) is 18.3 Å². The first-order chi connectivity index (χ1) is 15.6. The van der Waals surface area contributed by atoms with E-state index < -0.39 is 0 Å². The quantitative estimate of drug-likeness (QED) is 0.431. The normalized spacial score (nSPS) is 14.8. The highest BCUT2D eigenvalue weighted by Gasteiger charge is 2.29. The summed E-state index contributed by atoms with van der Waals surface area (Å²) >= 11 is 0. The molecule has 1 fully saturated rings. The van der Waals surface area contributed by atoms with E-state index in [0.717, 1.165) is 23.8 Å². The van der Waals surface area contributed by atoms with Crippen LogP contribution in [0.3, 0.4) is 0 Å². The molecule has 0 unspecified atom stereocenters. The van der Waals surface area contributed by atoms with E-state index in [1.165, 1.54) is 5.56 Å². The Kier molecular flexibility index (Phi) is 5.39. The van der Waals surface area contributed by atoms with E-state index in [2.05, 4.69) is 10.1 Å². The average molecular weight is 431 g/mol. The molecule has 1 amide bonds. The van der Waals surface area contributed by atoms with Gasteiger partial charge in [0, 0.05) is 30.1 Å². The van der Waals surface area contributed by atoms with Crippen molar-refractivity contribution in [3.63, 3.8) is 0 Å². The summed E-state index contributed by atoms with van der Waals surface area (Å²) < 4.78 is 16.8. The first kappa shape index (κ1) is 20.3. The zero-order valence-corrected chi connectivity index (χ0v) is 18.2. The molecule has 0 spiro atoms. The Morgan fingerprint density at radius 2 is 1.94 bits per heavy atom. The fourth-order valence-electron chi connectivity index (χ4n) is 4.17. The Bertz CT molecular complexity index is 1230. The summed E-state index contributed by atoms with van der Waals surface area (Å²) in [5, 5.41) is 5.03. The number of benzene rings is 2. The number of fused-ring (bicyclic) bond motifs is 1. The van der Waals surface area contributed by atoms with Gasteiger partial charge in [0.15, 0.2) is 0 Å². The highest BCUT2D eigenvalue weighted by molar-refractivity contribution is 5.99. The Labute approximate surface area is 186 Å². The van der Waals surface area contributed by atoms with Crippen molar-refractivity contribution in [3.05, 3.63) is 65.7 Å². The SMILES string of the molecule is CCOc1cc(C(=O)N2CCC(c3nc(-c4ccc(C)cc4)no3)CC2)cc2occc12. The van der Waals surface area contributed by atoms with Gasteiger partial charge in [0.25, 0.3) is 5.91 Å². The third-order valence-corrected chi connectivity index (χ3v) is 5.96. The maximum Gasteiger partial charge on any atom is 0.254 e. The molecule has 2 aromatic heterocycles. The molecule has 0 N–H and O–H groups in total. The Morgan fingerprint density at radius 1 is 1.16 bits per heavy atom. The minimum atomic E-state index is -0.0198. The van der Waals surface area contributed by atoms with Gasteiger partial charge in [0.1, 0.15) is 11.3 Å². The number of hydrogen-bond donors (Lipinski definition) is 0. The van der Waals surface area contributed by atoms with E-state index in [0.29, 0.717) is 48.3 Å². The number of aromatic nitrogens is 2. The summed E-state index contributed by atoms with van der Waals surface area (Å²) in [5.41, 5.74) is 3.36. The predicted molar refractivity (Wildman–Crippen MR) is 120 cm³/mol. The molecule has 2 aromatic carbocycles. The molecule has 0 radical (unpaired) electrons. The molecule has 1 aliphatic rings. The monoisotopic (exact) mass is 431 g/mol. The maximum absolute atomic E-state index is 13.2. The number of carbonyl (C=O) groups excluding carboxylic acids is 1. The van der Waals surface area contributed by atoms with Gasteiger partial charge < -0.3 is 18.6 Å². The average Bonchev–Trinajstić information content (AvgIpc) is 3.49. The zero-order valence-electron chi connectivity index (χ0n) is 18.2. The molecular formula is C25H25N3O4. The van der Waals surface area contributed by atoms with Crippen molar-refractivity contribution < 1.29 is 18.5 Å². The molecule has 0 atom stereocenters. The van der Waals surface area contributed by atoms with E-state index in [1.807, 2.05) is 55.1 Å². The molecule has 7 nitrogen and oxygen atoms in total. The van der Waals surface area contributed by atoms with E-state index in [4.69, 9.17) is 13.7 Å². The van der Waals surface area contributed by atoms with Crippen LogP contribution < -0.4 is 4.74 Å². The second-order valence-electron chi connectivity index (χ2n) is 8.13. The summed E-state index contributed by atoms with van der Waals surface area (Å²) in [6, 6.07) is 13.5. The number of amides is 1. The van der Waals surface area contributed by atoms with Crippen LogP contribution in [0.25, 0.3) is 22.4 Å². The summed E-state index contributed by atoms with van der Waals surface area (Å²) in [6.07, 6.45) is 3.17. The van der Waals surface area contributed by atoms with Crippen LogP contribution in [0.15, 0.2) is 57.7 Å². The summed E-state index contributed by atoms with van der Waals surface area (Å²) in [5.74, 6) is 2.05. The van der Waals surface area contributed by atoms with Crippen molar-refractivity contribution in [2.24, 2.45) is 0 Å². The molecule has 5 rings (SSSR count). The lowest BCUT2D eigenvalue weighted by molar-refractivity contribution is 0.0704. The van der Waals surface area contributed by atoms with Crippen LogP contribution in [0.4, 0.5) is 0 Å². The molecule has 3 heterocycles. The number of furan rings is 1. The van der Waals surface area contributed by atoms with E-state index in [1.54, 1.807) is 12.3 Å². The highest BCUT2D eigenvalue weighted by Crippen LogP contribution is 2.32. The standard InChI is InChI=1S/C25H25N3O4/c1-3-30-21-14-19(15-22-20(21)10-13-31-22)25(29)28-11-8-18(9-12-28)24-26-23(27-32-24)17-6-4-16(2)5-7-17/h4-7,10,13-15,18H,3,8-9,11-12H2,1-2H3. The lowest BCUT2D eigenvalue weighted by atomic mass is 9.96. The van der Waals surface area contributed by atoms with Crippen molar-refractivity contribution in [3.8, 4) is 17.1 Å². The molecule has 32 heavy (non-hydrogen) atoms. The van der Waals surface area contributed by atoms with Crippen LogP contribution in [0.2, 0.25) is 0 Å². The fraction of sp³-hybridized carbons (Fsp3) is 0.320. The number of aryl methyl sites for hydroxylation is 1. The van der Waals surface area contributed by atoms with Crippen LogP contribution in [0.1, 0.15) is 47.5 Å². The Balaban J connectivity index is 1.27. The zero-order chi connectivity index (χ0) is 22.1. The third-order valence-electron chi connectivity index (χ3n) is 5.96. The molecular weight excluding hydrogens is 406 g/mol. The first-order valence-electron chi connectivity index (χ1n) is 11.0.